The van der Waals surface area contributed by atoms with Crippen LogP contribution < -0.4 is 30.6 Å². The van der Waals surface area contributed by atoms with Gasteiger partial charge in [0.1, 0.15) is 11.6 Å². The van der Waals surface area contributed by atoms with E-state index in [2.05, 4.69) is 136 Å². The summed E-state index contributed by atoms with van der Waals surface area (Å²) in [7, 11) is 1.98. The Morgan fingerprint density at radius 1 is 0.796 bits per heavy atom. The molecule has 8 aromatic rings. The van der Waals surface area contributed by atoms with Crippen molar-refractivity contribution < 1.29 is 35.1 Å². The van der Waals surface area contributed by atoms with E-state index in [1.807, 2.05) is 54.2 Å². The van der Waals surface area contributed by atoms with Crippen LogP contribution in [0.15, 0.2) is 109 Å². The Labute approximate surface area is 331 Å². The molecule has 0 spiro atoms. The van der Waals surface area contributed by atoms with Crippen LogP contribution in [0.25, 0.3) is 33.3 Å². The summed E-state index contributed by atoms with van der Waals surface area (Å²) in [4.78, 5) is 4.83. The maximum atomic E-state index is 6.58. The predicted octanol–water partition coefficient (Wildman–Crippen LogP) is 7.83. The van der Waals surface area contributed by atoms with E-state index in [1.54, 1.807) is 0 Å². The number of aryl methyl sites for hydroxylation is 4. The number of hydrogen-bond donors (Lipinski definition) is 0. The van der Waals surface area contributed by atoms with E-state index in [0.717, 1.165) is 56.0 Å². The molecule has 3 aromatic heterocycles. The summed E-state index contributed by atoms with van der Waals surface area (Å²) in [6.45, 7) is 13.1. The molecule has 0 saturated carbocycles. The molecule has 270 valence electrons. The first-order valence-corrected chi connectivity index (χ1v) is 18.1. The van der Waals surface area contributed by atoms with Crippen molar-refractivity contribution in [1.29, 1.82) is 0 Å². The standard InChI is InChI=1S/C46H39BN4O2.Pt/c1-29-23-30(2)43(31(3)24-29)47-38-16-9-11-18-41(38)53-45-44(47)50(28-49(45)7)33-13-12-14-34(26-33)52-35-19-20-37-36-15-8-10-17-39(36)51(40(37)27-35)42-25-32(21-22-48-42)46(4,5)6;/h8-25H,1-7H3;/q-2;. The molecule has 0 N–H and O–H groups in total. The van der Waals surface area contributed by atoms with Crippen molar-refractivity contribution in [3.8, 4) is 34.6 Å². The van der Waals surface area contributed by atoms with Gasteiger partial charge in [-0.3, -0.25) is 4.57 Å². The number of imidazole rings is 1. The zero-order valence-corrected chi connectivity index (χ0v) is 33.7. The van der Waals surface area contributed by atoms with Gasteiger partial charge in [0.05, 0.1) is 7.05 Å². The number of rotatable bonds is 5. The number of nitrogens with zero attached hydrogens (tertiary/aromatic N) is 4. The van der Waals surface area contributed by atoms with Gasteiger partial charge in [-0.1, -0.05) is 103 Å². The Morgan fingerprint density at radius 3 is 2.33 bits per heavy atom. The zero-order valence-electron chi connectivity index (χ0n) is 31.4. The van der Waals surface area contributed by atoms with Crippen LogP contribution in [0.3, 0.4) is 0 Å². The van der Waals surface area contributed by atoms with E-state index >= 15 is 0 Å². The summed E-state index contributed by atoms with van der Waals surface area (Å²) in [6, 6.07) is 42.7. The Kier molecular flexibility index (Phi) is 8.89. The molecule has 0 unspecified atom stereocenters. The maximum absolute atomic E-state index is 6.58. The molecule has 4 heterocycles. The first-order valence-electron chi connectivity index (χ1n) is 18.1. The van der Waals surface area contributed by atoms with Gasteiger partial charge in [-0.15, -0.1) is 29.7 Å². The summed E-state index contributed by atoms with van der Waals surface area (Å²) in [5.74, 6) is 3.62. The summed E-state index contributed by atoms with van der Waals surface area (Å²) >= 11 is 0. The van der Waals surface area contributed by atoms with Gasteiger partial charge in [0.15, 0.2) is 0 Å². The van der Waals surface area contributed by atoms with Crippen molar-refractivity contribution in [2.45, 2.75) is 47.0 Å². The molecule has 54 heavy (non-hydrogen) atoms. The number of fused-ring (bicyclic) bond motifs is 5. The summed E-state index contributed by atoms with van der Waals surface area (Å²) in [5, 5.41) is 2.22. The van der Waals surface area contributed by atoms with Crippen molar-refractivity contribution in [2.24, 2.45) is 7.05 Å². The van der Waals surface area contributed by atoms with E-state index in [1.165, 1.54) is 27.7 Å². The molecule has 8 heteroatoms. The maximum Gasteiger partial charge on any atom is 0.244 e. The van der Waals surface area contributed by atoms with Crippen LogP contribution in [0, 0.1) is 39.2 Å². The van der Waals surface area contributed by atoms with Crippen LogP contribution in [0.5, 0.6) is 23.1 Å². The molecule has 9 rings (SSSR count). The zero-order chi connectivity index (χ0) is 36.6. The fraction of sp³-hybridized carbons (Fsp3) is 0.174. The number of benzene rings is 5. The van der Waals surface area contributed by atoms with Crippen LogP contribution in [0.4, 0.5) is 0 Å². The first-order chi connectivity index (χ1) is 25.5. The summed E-state index contributed by atoms with van der Waals surface area (Å²) in [5.41, 5.74) is 11.1. The van der Waals surface area contributed by atoms with Crippen LogP contribution in [-0.2, 0) is 33.5 Å². The van der Waals surface area contributed by atoms with E-state index in [9.17, 15) is 0 Å². The molecule has 0 aliphatic carbocycles. The van der Waals surface area contributed by atoms with E-state index in [0.29, 0.717) is 11.5 Å². The molecule has 0 atom stereocenters. The first kappa shape index (κ1) is 35.6. The van der Waals surface area contributed by atoms with Gasteiger partial charge in [-0.2, -0.15) is 18.2 Å². The van der Waals surface area contributed by atoms with Crippen LogP contribution in [0.1, 0.15) is 43.0 Å². The third-order valence-electron chi connectivity index (χ3n) is 10.4. The third-order valence-corrected chi connectivity index (χ3v) is 10.4. The van der Waals surface area contributed by atoms with Gasteiger partial charge in [0.2, 0.25) is 18.9 Å². The van der Waals surface area contributed by atoms with Gasteiger partial charge < -0.3 is 18.6 Å². The SMILES string of the molecule is Cc1cc(C)c(B2c3ccccc3Oc3c2n(-c2[c-]c(Oc4[c-]c5c(cc4)c4ccccc4n5-c4cc(C(C)(C)C)ccn4)ccc2)[c-][n+]3C)c(C)c1.[Pt]. The fourth-order valence-corrected chi connectivity index (χ4v) is 8.00. The van der Waals surface area contributed by atoms with Gasteiger partial charge >= 0.3 is 0 Å². The average Bonchev–Trinajstić information content (AvgIpc) is 3.64. The quantitative estimate of drug-likeness (QED) is 0.101. The van der Waals surface area contributed by atoms with Crippen molar-refractivity contribution >= 4 is 45.0 Å². The second-order valence-corrected chi connectivity index (χ2v) is 15.2. The third kappa shape index (κ3) is 5.96. The Balaban J connectivity index is 0.00000413. The van der Waals surface area contributed by atoms with Crippen molar-refractivity contribution in [3.05, 3.63) is 150 Å². The smallest absolute Gasteiger partial charge is 0.244 e. The van der Waals surface area contributed by atoms with E-state index < -0.39 is 0 Å². The minimum Gasteiger partial charge on any atom is -0.510 e. The van der Waals surface area contributed by atoms with E-state index in [4.69, 9.17) is 14.5 Å². The Hall–Kier alpha value is -5.39. The van der Waals surface area contributed by atoms with Crippen LogP contribution in [0.2, 0.25) is 0 Å². The largest absolute Gasteiger partial charge is 0.510 e. The van der Waals surface area contributed by atoms with Gasteiger partial charge in [0.25, 0.3) is 0 Å². The fourth-order valence-electron chi connectivity index (χ4n) is 8.00. The summed E-state index contributed by atoms with van der Waals surface area (Å²) < 4.78 is 19.3. The number of pyridine rings is 1. The topological polar surface area (TPSA) is 45.1 Å². The number of ether oxygens (including phenoxy) is 2. The van der Waals surface area contributed by atoms with Crippen molar-refractivity contribution in [3.63, 3.8) is 0 Å². The average molecular weight is 886 g/mol. The van der Waals surface area contributed by atoms with Crippen molar-refractivity contribution in [2.75, 3.05) is 0 Å². The Bertz CT molecular complexity index is 2720. The molecule has 1 aliphatic heterocycles. The minimum atomic E-state index is -0.0750. The molecular formula is C46H39BN4O2Pt-2. The molecule has 0 radical (unpaired) electrons. The van der Waals surface area contributed by atoms with Gasteiger partial charge in [-0.05, 0) is 66.9 Å². The predicted molar refractivity (Wildman–Crippen MR) is 213 cm³/mol. The number of aromatic nitrogens is 4. The molecular weight excluding hydrogens is 846 g/mol. The van der Waals surface area contributed by atoms with Gasteiger partial charge in [-0.25, -0.2) is 4.98 Å². The summed E-state index contributed by atoms with van der Waals surface area (Å²) in [6.07, 6.45) is 5.42. The van der Waals surface area contributed by atoms with Crippen molar-refractivity contribution in [1.82, 2.24) is 14.1 Å². The van der Waals surface area contributed by atoms with Gasteiger partial charge in [0, 0.05) is 49.9 Å². The second-order valence-electron chi connectivity index (χ2n) is 15.2. The molecule has 6 nitrogen and oxygen atoms in total. The molecule has 0 amide bonds. The molecule has 1 aliphatic rings. The monoisotopic (exact) mass is 885 g/mol. The van der Waals surface area contributed by atoms with Crippen LogP contribution in [-0.4, -0.2) is 20.8 Å². The minimum absolute atomic E-state index is 0. The van der Waals surface area contributed by atoms with E-state index in [-0.39, 0.29) is 33.2 Å². The van der Waals surface area contributed by atoms with Crippen LogP contribution >= 0.6 is 0 Å². The molecule has 5 aromatic carbocycles. The molecule has 0 saturated heterocycles. The second kappa shape index (κ2) is 13.5. The normalized spacial score (nSPS) is 12.3. The number of hydrogen-bond acceptors (Lipinski definition) is 3. The number of para-hydroxylation sites is 2. The molecule has 0 bridgehead atoms. The molecule has 0 fully saturated rings. The Morgan fingerprint density at radius 2 is 1.54 bits per heavy atom.